The van der Waals surface area contributed by atoms with Crippen LogP contribution in [-0.2, 0) is 17.6 Å². The number of ketones is 1. The lowest BCUT2D eigenvalue weighted by Crippen LogP contribution is -2.06. The van der Waals surface area contributed by atoms with Crippen molar-refractivity contribution in [1.82, 2.24) is 0 Å². The Hall–Kier alpha value is -1.05. The van der Waals surface area contributed by atoms with Gasteiger partial charge in [0.2, 0.25) is 0 Å². The van der Waals surface area contributed by atoms with Gasteiger partial charge < -0.3 is 0 Å². The second-order valence-electron chi connectivity index (χ2n) is 3.84. The van der Waals surface area contributed by atoms with E-state index in [-0.39, 0.29) is 0 Å². The Bertz CT molecular complexity index is 344. The van der Waals surface area contributed by atoms with E-state index in [9.17, 15) is 4.79 Å². The average Bonchev–Trinajstić information content (AvgIpc) is 2.25. The van der Waals surface area contributed by atoms with Crippen LogP contribution >= 0.6 is 0 Å². The molecular weight excluding hydrogens is 159 g/mol. The van der Waals surface area contributed by atoms with Gasteiger partial charge in [-0.25, -0.2) is 0 Å². The van der Waals surface area contributed by atoms with Crippen LogP contribution in [0.2, 0.25) is 0 Å². The molecule has 0 fully saturated rings. The number of aryl methyl sites for hydroxylation is 1. The summed E-state index contributed by atoms with van der Waals surface area (Å²) in [5.41, 5.74) is 3.92. The minimum atomic E-state index is 0.391. The van der Waals surface area contributed by atoms with E-state index < -0.39 is 0 Å². The summed E-state index contributed by atoms with van der Waals surface area (Å²) in [6.07, 6.45) is 3.50. The molecule has 0 saturated heterocycles. The fourth-order valence-electron chi connectivity index (χ4n) is 1.94. The Morgan fingerprint density at radius 1 is 1.15 bits per heavy atom. The number of fused-ring (bicyclic) bond motifs is 1. The van der Waals surface area contributed by atoms with Crippen molar-refractivity contribution in [1.29, 1.82) is 0 Å². The first kappa shape index (κ1) is 8.55. The molecule has 0 aromatic heterocycles. The Balaban J connectivity index is 2.40. The molecule has 0 heterocycles. The van der Waals surface area contributed by atoms with E-state index in [2.05, 4.69) is 26.0 Å². The van der Waals surface area contributed by atoms with Crippen LogP contribution < -0.4 is 5.46 Å². The van der Waals surface area contributed by atoms with Gasteiger partial charge in [-0.15, -0.1) is 0 Å². The van der Waals surface area contributed by atoms with Gasteiger partial charge in [-0.1, -0.05) is 23.7 Å². The third kappa shape index (κ3) is 1.82. The number of Topliss-reactive ketones (excluding diaryl/α,β-unsaturated/α-hetero) is 1. The first-order valence-electron chi connectivity index (χ1n) is 4.86. The first-order chi connectivity index (χ1) is 6.25. The zero-order chi connectivity index (χ0) is 9.26. The third-order valence-corrected chi connectivity index (χ3v) is 2.65. The predicted molar refractivity (Wildman–Crippen MR) is 56.3 cm³/mol. The van der Waals surface area contributed by atoms with Gasteiger partial charge in [0.1, 0.15) is 13.6 Å². The van der Waals surface area contributed by atoms with Gasteiger partial charge in [0, 0.05) is 12.8 Å². The monoisotopic (exact) mass is 172 g/mol. The van der Waals surface area contributed by atoms with Crippen LogP contribution in [0.5, 0.6) is 0 Å². The summed E-state index contributed by atoms with van der Waals surface area (Å²) in [6, 6.07) is 6.42. The molecule has 1 aliphatic carbocycles. The SMILES string of the molecule is Bc1ccc2c(c1)CCCC(=O)C2. The summed E-state index contributed by atoms with van der Waals surface area (Å²) < 4.78 is 0. The molecule has 66 valence electrons. The lowest BCUT2D eigenvalue weighted by atomic mass is 9.90. The summed E-state index contributed by atoms with van der Waals surface area (Å²) >= 11 is 0. The van der Waals surface area contributed by atoms with E-state index in [0.29, 0.717) is 12.2 Å². The molecule has 0 N–H and O–H groups in total. The van der Waals surface area contributed by atoms with Crippen molar-refractivity contribution >= 4 is 19.1 Å². The van der Waals surface area contributed by atoms with Crippen LogP contribution in [0.4, 0.5) is 0 Å². The number of rotatable bonds is 0. The lowest BCUT2D eigenvalue weighted by molar-refractivity contribution is -0.118. The van der Waals surface area contributed by atoms with E-state index >= 15 is 0 Å². The highest BCUT2D eigenvalue weighted by Crippen LogP contribution is 2.17. The zero-order valence-electron chi connectivity index (χ0n) is 7.97. The van der Waals surface area contributed by atoms with Gasteiger partial charge >= 0.3 is 0 Å². The Morgan fingerprint density at radius 3 is 2.85 bits per heavy atom. The van der Waals surface area contributed by atoms with Gasteiger partial charge in [-0.2, -0.15) is 0 Å². The number of benzene rings is 1. The highest BCUT2D eigenvalue weighted by Gasteiger charge is 2.12. The molecule has 2 rings (SSSR count). The van der Waals surface area contributed by atoms with Crippen molar-refractivity contribution in [3.8, 4) is 0 Å². The molecule has 0 saturated carbocycles. The Labute approximate surface area is 79.6 Å². The molecule has 0 unspecified atom stereocenters. The predicted octanol–water partition coefficient (Wildman–Crippen LogP) is 0.393. The summed E-state index contributed by atoms with van der Waals surface area (Å²) in [7, 11) is 2.10. The third-order valence-electron chi connectivity index (χ3n) is 2.65. The number of carbonyl (C=O) groups is 1. The summed E-state index contributed by atoms with van der Waals surface area (Å²) in [6.45, 7) is 0. The molecule has 2 heteroatoms. The topological polar surface area (TPSA) is 17.1 Å². The molecule has 1 aromatic carbocycles. The molecule has 0 spiro atoms. The zero-order valence-corrected chi connectivity index (χ0v) is 7.97. The standard InChI is InChI=1S/C11H13BO/c12-10-5-4-9-7-11(13)3-1-2-8(9)6-10/h4-6H,1-3,7,12H2. The van der Waals surface area contributed by atoms with E-state index in [0.717, 1.165) is 19.3 Å². The molecule has 0 atom stereocenters. The molecule has 0 amide bonds. The molecule has 0 radical (unpaired) electrons. The van der Waals surface area contributed by atoms with E-state index in [4.69, 9.17) is 0 Å². The first-order valence-corrected chi connectivity index (χ1v) is 4.86. The van der Waals surface area contributed by atoms with Crippen LogP contribution in [0.15, 0.2) is 18.2 Å². The van der Waals surface area contributed by atoms with Gasteiger partial charge in [0.05, 0.1) is 0 Å². The fraction of sp³-hybridized carbons (Fsp3) is 0.364. The Morgan fingerprint density at radius 2 is 2.00 bits per heavy atom. The lowest BCUT2D eigenvalue weighted by Gasteiger charge is -2.05. The van der Waals surface area contributed by atoms with Crippen LogP contribution in [0.1, 0.15) is 24.0 Å². The van der Waals surface area contributed by atoms with E-state index in [1.54, 1.807) is 0 Å². The van der Waals surface area contributed by atoms with Gasteiger partial charge in [-0.05, 0) is 24.0 Å². The van der Waals surface area contributed by atoms with Crippen LogP contribution in [0.25, 0.3) is 0 Å². The van der Waals surface area contributed by atoms with Gasteiger partial charge in [-0.3, -0.25) is 4.79 Å². The van der Waals surface area contributed by atoms with Gasteiger partial charge in [0.25, 0.3) is 0 Å². The maximum absolute atomic E-state index is 11.3. The van der Waals surface area contributed by atoms with Crippen molar-refractivity contribution in [3.05, 3.63) is 29.3 Å². The summed E-state index contributed by atoms with van der Waals surface area (Å²) in [4.78, 5) is 11.3. The normalized spacial score (nSPS) is 16.5. The molecule has 0 bridgehead atoms. The molecule has 0 aliphatic heterocycles. The maximum atomic E-state index is 11.3. The van der Waals surface area contributed by atoms with Crippen molar-refractivity contribution in [3.63, 3.8) is 0 Å². The molecular formula is C11H13BO. The smallest absolute Gasteiger partial charge is 0.139 e. The minimum Gasteiger partial charge on any atom is -0.299 e. The van der Waals surface area contributed by atoms with Gasteiger partial charge in [0.15, 0.2) is 0 Å². The maximum Gasteiger partial charge on any atom is 0.139 e. The highest BCUT2D eigenvalue weighted by molar-refractivity contribution is 6.32. The van der Waals surface area contributed by atoms with Crippen molar-refractivity contribution < 1.29 is 4.79 Å². The minimum absolute atomic E-state index is 0.391. The molecule has 1 aliphatic rings. The molecule has 1 aromatic rings. The van der Waals surface area contributed by atoms with Crippen molar-refractivity contribution in [2.45, 2.75) is 25.7 Å². The summed E-state index contributed by atoms with van der Waals surface area (Å²) in [5.74, 6) is 0.391. The van der Waals surface area contributed by atoms with E-state index in [1.165, 1.54) is 16.6 Å². The van der Waals surface area contributed by atoms with Crippen LogP contribution in [-0.4, -0.2) is 13.6 Å². The quantitative estimate of drug-likeness (QED) is 0.408. The largest absolute Gasteiger partial charge is 0.299 e. The number of hydrogen-bond donors (Lipinski definition) is 0. The van der Waals surface area contributed by atoms with Crippen LogP contribution in [0, 0.1) is 0 Å². The molecule has 1 nitrogen and oxygen atoms in total. The number of carbonyl (C=O) groups excluding carboxylic acids is 1. The molecule has 13 heavy (non-hydrogen) atoms. The highest BCUT2D eigenvalue weighted by atomic mass is 16.1. The number of hydrogen-bond acceptors (Lipinski definition) is 1. The second-order valence-corrected chi connectivity index (χ2v) is 3.84. The Kier molecular flexibility index (Phi) is 2.21. The van der Waals surface area contributed by atoms with Crippen molar-refractivity contribution in [2.75, 3.05) is 0 Å². The van der Waals surface area contributed by atoms with E-state index in [1.807, 2.05) is 0 Å². The second kappa shape index (κ2) is 3.37. The van der Waals surface area contributed by atoms with Crippen molar-refractivity contribution in [2.24, 2.45) is 0 Å². The fourth-order valence-corrected chi connectivity index (χ4v) is 1.94. The summed E-state index contributed by atoms with van der Waals surface area (Å²) in [5, 5.41) is 0. The van der Waals surface area contributed by atoms with Crippen LogP contribution in [0.3, 0.4) is 0 Å². The average molecular weight is 172 g/mol.